The van der Waals surface area contributed by atoms with Gasteiger partial charge in [0.15, 0.2) is 0 Å². The fourth-order valence-corrected chi connectivity index (χ4v) is 5.39. The Morgan fingerprint density at radius 3 is 2.44 bits per heavy atom. The Morgan fingerprint density at radius 2 is 1.72 bits per heavy atom. The summed E-state index contributed by atoms with van der Waals surface area (Å²) in [5.41, 5.74) is 5.13. The van der Waals surface area contributed by atoms with E-state index in [0.29, 0.717) is 18.7 Å². The van der Waals surface area contributed by atoms with Crippen LogP contribution in [0.5, 0.6) is 0 Å². The Hall–Kier alpha value is -3.40. The van der Waals surface area contributed by atoms with Gasteiger partial charge in [-0.2, -0.15) is 0 Å². The summed E-state index contributed by atoms with van der Waals surface area (Å²) in [6.07, 6.45) is 0.851. The predicted molar refractivity (Wildman–Crippen MR) is 123 cm³/mol. The fraction of sp³-hybridized carbons (Fsp3) is 0.286. The monoisotopic (exact) mass is 425 g/mol. The predicted octanol–water partition coefficient (Wildman–Crippen LogP) is 4.83. The molecule has 162 valence electrons. The summed E-state index contributed by atoms with van der Waals surface area (Å²) >= 11 is 0. The zero-order valence-electron chi connectivity index (χ0n) is 18.2. The van der Waals surface area contributed by atoms with Gasteiger partial charge in [-0.15, -0.1) is 0 Å². The van der Waals surface area contributed by atoms with E-state index in [1.165, 1.54) is 5.56 Å². The highest BCUT2D eigenvalue weighted by Gasteiger charge is 2.48. The molecule has 0 bridgehead atoms. The first kappa shape index (κ1) is 20.5. The SMILES string of the molecule is CCOC(=O)c1ccc2c(c1)C(c1ccccc1)C1C(=O)N(Cc3ccccc3)CC1C2. The van der Waals surface area contributed by atoms with E-state index in [-0.39, 0.29) is 29.6 Å². The van der Waals surface area contributed by atoms with Gasteiger partial charge >= 0.3 is 5.97 Å². The van der Waals surface area contributed by atoms with E-state index < -0.39 is 0 Å². The topological polar surface area (TPSA) is 46.6 Å². The summed E-state index contributed by atoms with van der Waals surface area (Å²) in [5.74, 6) is -0.0244. The van der Waals surface area contributed by atoms with Crippen molar-refractivity contribution in [1.82, 2.24) is 4.90 Å². The molecule has 1 amide bonds. The third-order valence-corrected chi connectivity index (χ3v) is 6.77. The minimum Gasteiger partial charge on any atom is -0.462 e. The van der Waals surface area contributed by atoms with Crippen LogP contribution in [0, 0.1) is 11.8 Å². The number of amides is 1. The molecule has 2 aliphatic rings. The van der Waals surface area contributed by atoms with Crippen LogP contribution in [-0.4, -0.2) is 29.9 Å². The van der Waals surface area contributed by atoms with Crippen LogP contribution in [0.15, 0.2) is 78.9 Å². The molecule has 1 aliphatic carbocycles. The quantitative estimate of drug-likeness (QED) is 0.550. The molecule has 32 heavy (non-hydrogen) atoms. The minimum atomic E-state index is -0.312. The highest BCUT2D eigenvalue weighted by molar-refractivity contribution is 5.90. The average molecular weight is 426 g/mol. The van der Waals surface area contributed by atoms with Gasteiger partial charge in [0, 0.05) is 19.0 Å². The van der Waals surface area contributed by atoms with Crippen LogP contribution in [0.25, 0.3) is 0 Å². The van der Waals surface area contributed by atoms with Crippen molar-refractivity contribution in [2.45, 2.75) is 25.8 Å². The van der Waals surface area contributed by atoms with Crippen LogP contribution in [0.4, 0.5) is 0 Å². The summed E-state index contributed by atoms with van der Waals surface area (Å²) in [4.78, 5) is 28.1. The molecule has 0 N–H and O–H groups in total. The molecule has 0 aromatic heterocycles. The van der Waals surface area contributed by atoms with Crippen LogP contribution in [0.2, 0.25) is 0 Å². The molecule has 5 rings (SSSR count). The van der Waals surface area contributed by atoms with Gasteiger partial charge in [-0.25, -0.2) is 4.79 Å². The first-order valence-electron chi connectivity index (χ1n) is 11.3. The van der Waals surface area contributed by atoms with E-state index in [0.717, 1.165) is 29.7 Å². The van der Waals surface area contributed by atoms with Crippen LogP contribution in [-0.2, 0) is 22.5 Å². The summed E-state index contributed by atoms with van der Waals surface area (Å²) in [7, 11) is 0. The largest absolute Gasteiger partial charge is 0.462 e. The number of benzene rings is 3. The van der Waals surface area contributed by atoms with Gasteiger partial charge in [0.05, 0.1) is 18.1 Å². The molecular formula is C28H27NO3. The molecule has 1 aliphatic heterocycles. The maximum Gasteiger partial charge on any atom is 0.338 e. The smallest absolute Gasteiger partial charge is 0.338 e. The van der Waals surface area contributed by atoms with Gasteiger partial charge in [0.2, 0.25) is 5.91 Å². The lowest BCUT2D eigenvalue weighted by Gasteiger charge is -2.34. The number of carbonyl (C=O) groups is 2. The molecule has 1 fully saturated rings. The van der Waals surface area contributed by atoms with Crippen molar-refractivity contribution in [2.75, 3.05) is 13.2 Å². The number of likely N-dealkylation sites (tertiary alicyclic amines) is 1. The van der Waals surface area contributed by atoms with Gasteiger partial charge in [0.1, 0.15) is 0 Å². The second-order valence-corrected chi connectivity index (χ2v) is 8.72. The van der Waals surface area contributed by atoms with E-state index in [1.807, 2.05) is 60.4 Å². The summed E-state index contributed by atoms with van der Waals surface area (Å²) in [5, 5.41) is 0. The number of carbonyl (C=O) groups excluding carboxylic acids is 2. The fourth-order valence-electron chi connectivity index (χ4n) is 5.39. The van der Waals surface area contributed by atoms with Crippen molar-refractivity contribution >= 4 is 11.9 Å². The van der Waals surface area contributed by atoms with E-state index >= 15 is 0 Å². The molecule has 0 spiro atoms. The first-order valence-corrected chi connectivity index (χ1v) is 11.3. The molecule has 0 radical (unpaired) electrons. The first-order chi connectivity index (χ1) is 15.7. The van der Waals surface area contributed by atoms with Crippen LogP contribution < -0.4 is 0 Å². The van der Waals surface area contributed by atoms with Crippen LogP contribution >= 0.6 is 0 Å². The average Bonchev–Trinajstić information content (AvgIpc) is 3.13. The highest BCUT2D eigenvalue weighted by Crippen LogP contribution is 2.48. The van der Waals surface area contributed by atoms with Crippen molar-refractivity contribution in [3.05, 3.63) is 107 Å². The molecular weight excluding hydrogens is 398 g/mol. The van der Waals surface area contributed by atoms with Gasteiger partial charge in [0.25, 0.3) is 0 Å². The third-order valence-electron chi connectivity index (χ3n) is 6.77. The number of esters is 1. The number of hydrogen-bond acceptors (Lipinski definition) is 3. The molecule has 3 atom stereocenters. The summed E-state index contributed by atoms with van der Waals surface area (Å²) in [6.45, 7) is 3.56. The van der Waals surface area contributed by atoms with Gasteiger partial charge in [-0.1, -0.05) is 66.7 Å². The number of rotatable bonds is 5. The summed E-state index contributed by atoms with van der Waals surface area (Å²) < 4.78 is 5.24. The standard InChI is InChI=1S/C28H27NO3/c1-2-32-28(31)22-14-13-21-15-23-18-29(17-19-9-5-3-6-10-19)27(30)26(23)25(24(21)16-22)20-11-7-4-8-12-20/h3-14,16,23,25-26H,2,15,17-18H2,1H3. The number of ether oxygens (including phenoxy) is 1. The lowest BCUT2D eigenvalue weighted by atomic mass is 9.67. The van der Waals surface area contributed by atoms with Crippen LogP contribution in [0.1, 0.15) is 45.5 Å². The third kappa shape index (κ3) is 3.70. The lowest BCUT2D eigenvalue weighted by Crippen LogP contribution is -2.33. The van der Waals surface area contributed by atoms with E-state index in [9.17, 15) is 9.59 Å². The van der Waals surface area contributed by atoms with Gasteiger partial charge in [-0.05, 0) is 53.6 Å². The highest BCUT2D eigenvalue weighted by atomic mass is 16.5. The Kier molecular flexibility index (Phi) is 5.52. The minimum absolute atomic E-state index is 0.0624. The Labute approximate surface area is 188 Å². The molecule has 3 aromatic carbocycles. The Balaban J connectivity index is 1.54. The van der Waals surface area contributed by atoms with Gasteiger partial charge in [-0.3, -0.25) is 4.79 Å². The Morgan fingerprint density at radius 1 is 1.00 bits per heavy atom. The summed E-state index contributed by atoms with van der Waals surface area (Å²) in [6, 6.07) is 26.3. The molecule has 4 heteroatoms. The maximum absolute atomic E-state index is 13.7. The maximum atomic E-state index is 13.7. The van der Waals surface area contributed by atoms with Crippen molar-refractivity contribution in [2.24, 2.45) is 11.8 Å². The van der Waals surface area contributed by atoms with E-state index in [1.54, 1.807) is 0 Å². The van der Waals surface area contributed by atoms with E-state index in [2.05, 4.69) is 30.3 Å². The number of nitrogens with zero attached hydrogens (tertiary/aromatic N) is 1. The van der Waals surface area contributed by atoms with Crippen molar-refractivity contribution in [1.29, 1.82) is 0 Å². The zero-order chi connectivity index (χ0) is 22.1. The molecule has 3 unspecified atom stereocenters. The zero-order valence-corrected chi connectivity index (χ0v) is 18.2. The normalized spacial score (nSPS) is 21.7. The number of fused-ring (bicyclic) bond motifs is 2. The molecule has 0 saturated carbocycles. The van der Waals surface area contributed by atoms with Crippen molar-refractivity contribution < 1.29 is 14.3 Å². The molecule has 1 heterocycles. The van der Waals surface area contributed by atoms with E-state index in [4.69, 9.17) is 4.74 Å². The Bertz CT molecular complexity index is 1130. The second-order valence-electron chi connectivity index (χ2n) is 8.72. The second kappa shape index (κ2) is 8.62. The molecule has 1 saturated heterocycles. The van der Waals surface area contributed by atoms with Crippen molar-refractivity contribution in [3.63, 3.8) is 0 Å². The lowest BCUT2D eigenvalue weighted by molar-refractivity contribution is -0.132. The number of hydrogen-bond donors (Lipinski definition) is 0. The van der Waals surface area contributed by atoms with Crippen molar-refractivity contribution in [3.8, 4) is 0 Å². The molecule has 4 nitrogen and oxygen atoms in total. The van der Waals surface area contributed by atoms with Gasteiger partial charge < -0.3 is 9.64 Å². The molecule has 3 aromatic rings. The van der Waals surface area contributed by atoms with Crippen LogP contribution in [0.3, 0.4) is 0 Å².